The van der Waals surface area contributed by atoms with E-state index in [4.69, 9.17) is 9.47 Å². The normalized spacial score (nSPS) is 13.8. The van der Waals surface area contributed by atoms with Gasteiger partial charge in [0.05, 0.1) is 6.20 Å². The summed E-state index contributed by atoms with van der Waals surface area (Å²) in [5.41, 5.74) is 1.47. The third-order valence-corrected chi connectivity index (χ3v) is 4.90. The SMILES string of the molecule is CN(C)C(=O)c1ccc(Oc2cc(C(=O)Nc3ccn[nH]3)cc3c2CC(C)(C)O3)cc1. The number of hydrogen-bond donors (Lipinski definition) is 2. The van der Waals surface area contributed by atoms with Gasteiger partial charge in [-0.25, -0.2) is 0 Å². The molecule has 0 spiro atoms. The fraction of sp³-hybridized carbons (Fsp3) is 0.261. The van der Waals surface area contributed by atoms with Crippen molar-refractivity contribution in [1.82, 2.24) is 15.1 Å². The Bertz CT molecular complexity index is 1120. The van der Waals surface area contributed by atoms with Crippen molar-refractivity contribution in [1.29, 1.82) is 0 Å². The molecule has 2 heterocycles. The van der Waals surface area contributed by atoms with Gasteiger partial charge in [0.2, 0.25) is 0 Å². The van der Waals surface area contributed by atoms with Gasteiger partial charge >= 0.3 is 0 Å². The Morgan fingerprint density at radius 3 is 2.52 bits per heavy atom. The first kappa shape index (κ1) is 20.5. The average Bonchev–Trinajstić information content (AvgIpc) is 3.33. The number of hydrogen-bond acceptors (Lipinski definition) is 5. The van der Waals surface area contributed by atoms with Crippen molar-refractivity contribution >= 4 is 17.6 Å². The number of amides is 2. The van der Waals surface area contributed by atoms with Crippen molar-refractivity contribution in [3.8, 4) is 17.2 Å². The number of fused-ring (bicyclic) bond motifs is 1. The van der Waals surface area contributed by atoms with E-state index in [0.717, 1.165) is 5.56 Å². The molecule has 0 atom stereocenters. The van der Waals surface area contributed by atoms with Crippen LogP contribution in [-0.2, 0) is 6.42 Å². The fourth-order valence-electron chi connectivity index (χ4n) is 3.44. The molecule has 3 aromatic rings. The summed E-state index contributed by atoms with van der Waals surface area (Å²) >= 11 is 0. The molecular weight excluding hydrogens is 396 g/mol. The molecule has 1 aliphatic heterocycles. The Morgan fingerprint density at radius 1 is 1.13 bits per heavy atom. The van der Waals surface area contributed by atoms with Crippen LogP contribution < -0.4 is 14.8 Å². The monoisotopic (exact) mass is 420 g/mol. The number of H-pyrrole nitrogens is 1. The van der Waals surface area contributed by atoms with Gasteiger partial charge < -0.3 is 19.7 Å². The zero-order chi connectivity index (χ0) is 22.2. The second kappa shape index (κ2) is 7.79. The van der Waals surface area contributed by atoms with Gasteiger partial charge in [0.1, 0.15) is 28.7 Å². The Balaban J connectivity index is 1.64. The maximum atomic E-state index is 12.7. The molecule has 0 saturated heterocycles. The van der Waals surface area contributed by atoms with Crippen LogP contribution in [0.5, 0.6) is 17.2 Å². The third-order valence-electron chi connectivity index (χ3n) is 4.90. The van der Waals surface area contributed by atoms with Crippen molar-refractivity contribution in [3.05, 3.63) is 65.4 Å². The van der Waals surface area contributed by atoms with Crippen LogP contribution in [0.3, 0.4) is 0 Å². The van der Waals surface area contributed by atoms with Crippen LogP contribution in [0.2, 0.25) is 0 Å². The lowest BCUT2D eigenvalue weighted by molar-refractivity contribution is 0.0827. The molecule has 31 heavy (non-hydrogen) atoms. The Hall–Kier alpha value is -3.81. The van der Waals surface area contributed by atoms with E-state index in [-0.39, 0.29) is 11.8 Å². The van der Waals surface area contributed by atoms with E-state index < -0.39 is 5.60 Å². The highest BCUT2D eigenvalue weighted by Crippen LogP contribution is 2.43. The number of carbonyl (C=O) groups is 2. The molecule has 8 nitrogen and oxygen atoms in total. The van der Waals surface area contributed by atoms with Crippen molar-refractivity contribution < 1.29 is 19.1 Å². The van der Waals surface area contributed by atoms with Gasteiger partial charge in [-0.2, -0.15) is 5.10 Å². The molecule has 0 fully saturated rings. The molecule has 0 saturated carbocycles. The van der Waals surface area contributed by atoms with Crippen molar-refractivity contribution in [2.24, 2.45) is 0 Å². The second-order valence-corrected chi connectivity index (χ2v) is 8.24. The Morgan fingerprint density at radius 2 is 1.87 bits per heavy atom. The van der Waals surface area contributed by atoms with Crippen LogP contribution in [0, 0.1) is 0 Å². The quantitative estimate of drug-likeness (QED) is 0.653. The molecule has 2 amide bonds. The predicted octanol–water partition coefficient (Wildman–Crippen LogP) is 3.87. The van der Waals surface area contributed by atoms with E-state index >= 15 is 0 Å². The number of rotatable bonds is 5. The maximum Gasteiger partial charge on any atom is 0.257 e. The van der Waals surface area contributed by atoms with Crippen LogP contribution in [0.1, 0.15) is 40.1 Å². The standard InChI is InChI=1S/C23H24N4O4/c1-23(2)13-17-18(30-16-7-5-14(6-8-16)22(29)27(3)4)11-15(12-19(17)31-23)21(28)25-20-9-10-24-26-20/h5-12H,13H2,1-4H3,(H2,24,25,26,28). The largest absolute Gasteiger partial charge is 0.487 e. The lowest BCUT2D eigenvalue weighted by Gasteiger charge is -2.16. The van der Waals surface area contributed by atoms with Crippen LogP contribution in [-0.4, -0.2) is 46.6 Å². The van der Waals surface area contributed by atoms with Gasteiger partial charge in [0, 0.05) is 43.3 Å². The highest BCUT2D eigenvalue weighted by atomic mass is 16.5. The maximum absolute atomic E-state index is 12.7. The summed E-state index contributed by atoms with van der Waals surface area (Å²) in [5, 5.41) is 9.30. The minimum absolute atomic E-state index is 0.0833. The summed E-state index contributed by atoms with van der Waals surface area (Å²) in [4.78, 5) is 26.4. The molecule has 0 aliphatic carbocycles. The Kier molecular flexibility index (Phi) is 5.14. The zero-order valence-electron chi connectivity index (χ0n) is 17.9. The number of aromatic nitrogens is 2. The lowest BCUT2D eigenvalue weighted by Crippen LogP contribution is -2.24. The molecule has 0 bridgehead atoms. The molecule has 8 heteroatoms. The summed E-state index contributed by atoms with van der Waals surface area (Å²) in [6.07, 6.45) is 2.21. The zero-order valence-corrected chi connectivity index (χ0v) is 17.9. The predicted molar refractivity (Wildman–Crippen MR) is 116 cm³/mol. The van der Waals surface area contributed by atoms with Gasteiger partial charge in [0.25, 0.3) is 11.8 Å². The Labute approximate surface area is 180 Å². The molecule has 0 unspecified atom stereocenters. The van der Waals surface area contributed by atoms with E-state index in [1.807, 2.05) is 13.8 Å². The highest BCUT2D eigenvalue weighted by molar-refractivity contribution is 6.04. The summed E-state index contributed by atoms with van der Waals surface area (Å²) < 4.78 is 12.2. The van der Waals surface area contributed by atoms with Gasteiger partial charge in [-0.3, -0.25) is 14.7 Å². The number of aromatic amines is 1. The van der Waals surface area contributed by atoms with Gasteiger partial charge in [-0.15, -0.1) is 0 Å². The molecule has 0 radical (unpaired) electrons. The topological polar surface area (TPSA) is 96.5 Å². The molecule has 2 aromatic carbocycles. The van der Waals surface area contributed by atoms with E-state index in [9.17, 15) is 9.59 Å². The minimum atomic E-state index is -0.402. The van der Waals surface area contributed by atoms with E-state index in [1.165, 1.54) is 4.90 Å². The molecule has 1 aromatic heterocycles. The number of carbonyl (C=O) groups excluding carboxylic acids is 2. The number of ether oxygens (including phenoxy) is 2. The van der Waals surface area contributed by atoms with Gasteiger partial charge in [0.15, 0.2) is 0 Å². The van der Waals surface area contributed by atoms with E-state index in [1.54, 1.807) is 62.8 Å². The number of benzene rings is 2. The average molecular weight is 420 g/mol. The molecule has 1 aliphatic rings. The second-order valence-electron chi connectivity index (χ2n) is 8.24. The highest BCUT2D eigenvalue weighted by Gasteiger charge is 2.34. The number of nitrogens with one attached hydrogen (secondary N) is 2. The minimum Gasteiger partial charge on any atom is -0.487 e. The van der Waals surface area contributed by atoms with Crippen molar-refractivity contribution in [2.75, 3.05) is 19.4 Å². The van der Waals surface area contributed by atoms with Crippen LogP contribution in [0.25, 0.3) is 0 Å². The first-order valence-electron chi connectivity index (χ1n) is 9.88. The first-order chi connectivity index (χ1) is 14.7. The number of anilines is 1. The summed E-state index contributed by atoms with van der Waals surface area (Å²) in [6.45, 7) is 3.98. The van der Waals surface area contributed by atoms with Gasteiger partial charge in [-0.1, -0.05) is 0 Å². The fourth-order valence-corrected chi connectivity index (χ4v) is 3.44. The lowest BCUT2D eigenvalue weighted by atomic mass is 9.99. The van der Waals surface area contributed by atoms with E-state index in [0.29, 0.717) is 40.6 Å². The smallest absolute Gasteiger partial charge is 0.257 e. The molecular formula is C23H24N4O4. The van der Waals surface area contributed by atoms with Crippen LogP contribution >= 0.6 is 0 Å². The molecule has 160 valence electrons. The van der Waals surface area contributed by atoms with E-state index in [2.05, 4.69) is 15.5 Å². The molecule has 2 N–H and O–H groups in total. The summed E-state index contributed by atoms with van der Waals surface area (Å²) in [5.74, 6) is 1.84. The van der Waals surface area contributed by atoms with Crippen LogP contribution in [0.4, 0.5) is 5.82 Å². The number of nitrogens with zero attached hydrogens (tertiary/aromatic N) is 2. The molecule has 4 rings (SSSR count). The third kappa shape index (κ3) is 4.37. The van der Waals surface area contributed by atoms with Crippen molar-refractivity contribution in [3.63, 3.8) is 0 Å². The van der Waals surface area contributed by atoms with Crippen LogP contribution in [0.15, 0.2) is 48.7 Å². The first-order valence-corrected chi connectivity index (χ1v) is 9.88. The summed E-state index contributed by atoms with van der Waals surface area (Å²) in [6, 6.07) is 12.0. The van der Waals surface area contributed by atoms with Crippen molar-refractivity contribution in [2.45, 2.75) is 25.9 Å². The van der Waals surface area contributed by atoms with Gasteiger partial charge in [-0.05, 0) is 50.2 Å². The summed E-state index contributed by atoms with van der Waals surface area (Å²) in [7, 11) is 3.41.